The first-order chi connectivity index (χ1) is 10.5. The number of hydrogen-bond acceptors (Lipinski definition) is 3. The second kappa shape index (κ2) is 5.25. The number of hydrogen-bond donors (Lipinski definition) is 2. The molecule has 0 amide bonds. The van der Waals surface area contributed by atoms with Crippen molar-refractivity contribution in [1.82, 2.24) is 14.9 Å². The first-order valence-electron chi connectivity index (χ1n) is 7.54. The van der Waals surface area contributed by atoms with Crippen molar-refractivity contribution < 1.29 is 9.90 Å². The molecule has 1 heterocycles. The van der Waals surface area contributed by atoms with E-state index in [1.54, 1.807) is 13.0 Å². The van der Waals surface area contributed by atoms with Crippen LogP contribution in [-0.4, -0.2) is 27.7 Å². The Labute approximate surface area is 129 Å². The van der Waals surface area contributed by atoms with Gasteiger partial charge in [0.05, 0.1) is 16.6 Å². The first-order valence-corrected chi connectivity index (χ1v) is 7.54. The molecule has 0 unspecified atom stereocenters. The lowest BCUT2D eigenvalue weighted by molar-refractivity contribution is -0.132. The van der Waals surface area contributed by atoms with Crippen molar-refractivity contribution in [2.45, 2.75) is 31.7 Å². The molecule has 5 nitrogen and oxygen atoms in total. The molecule has 0 radical (unpaired) electrons. The van der Waals surface area contributed by atoms with E-state index >= 15 is 0 Å². The molecule has 2 aromatic rings. The SMILES string of the molecule is CNC1(c2nc3ccc(/C=C(\C)C(=O)O)cc3n2C)CCC1. The molecule has 0 bridgehead atoms. The maximum atomic E-state index is 11.0. The maximum Gasteiger partial charge on any atom is 0.331 e. The van der Waals surface area contributed by atoms with Crippen molar-refractivity contribution in [3.63, 3.8) is 0 Å². The summed E-state index contributed by atoms with van der Waals surface area (Å²) in [7, 11) is 4.02. The van der Waals surface area contributed by atoms with Gasteiger partial charge in [-0.25, -0.2) is 9.78 Å². The molecule has 3 rings (SSSR count). The molecule has 1 aromatic heterocycles. The maximum absolute atomic E-state index is 11.0. The normalized spacial score (nSPS) is 17.5. The van der Waals surface area contributed by atoms with Crippen LogP contribution in [0.2, 0.25) is 0 Å². The van der Waals surface area contributed by atoms with E-state index in [9.17, 15) is 4.79 Å². The van der Waals surface area contributed by atoms with Crippen molar-refractivity contribution in [2.24, 2.45) is 7.05 Å². The molecular formula is C17H21N3O2. The second-order valence-electron chi connectivity index (χ2n) is 6.06. The highest BCUT2D eigenvalue weighted by Gasteiger charge is 2.40. The lowest BCUT2D eigenvalue weighted by Gasteiger charge is -2.40. The molecule has 0 spiro atoms. The summed E-state index contributed by atoms with van der Waals surface area (Å²) in [6, 6.07) is 5.88. The number of aromatic nitrogens is 2. The van der Waals surface area contributed by atoms with Crippen LogP contribution in [0.25, 0.3) is 17.1 Å². The number of carbonyl (C=O) groups is 1. The number of nitrogens with zero attached hydrogens (tertiary/aromatic N) is 2. The summed E-state index contributed by atoms with van der Waals surface area (Å²) >= 11 is 0. The van der Waals surface area contributed by atoms with Crippen LogP contribution >= 0.6 is 0 Å². The van der Waals surface area contributed by atoms with Crippen molar-refractivity contribution in [3.8, 4) is 0 Å². The summed E-state index contributed by atoms with van der Waals surface area (Å²) in [5.41, 5.74) is 3.18. The zero-order chi connectivity index (χ0) is 15.9. The van der Waals surface area contributed by atoms with Crippen LogP contribution in [0.3, 0.4) is 0 Å². The van der Waals surface area contributed by atoms with Gasteiger partial charge >= 0.3 is 5.97 Å². The van der Waals surface area contributed by atoms with Crippen molar-refractivity contribution >= 4 is 23.1 Å². The fourth-order valence-electron chi connectivity index (χ4n) is 3.15. The Hall–Kier alpha value is -2.14. The van der Waals surface area contributed by atoms with E-state index in [4.69, 9.17) is 10.1 Å². The molecule has 116 valence electrons. The van der Waals surface area contributed by atoms with Gasteiger partial charge in [0.1, 0.15) is 5.82 Å². The van der Waals surface area contributed by atoms with Gasteiger partial charge in [0, 0.05) is 12.6 Å². The highest BCUT2D eigenvalue weighted by atomic mass is 16.4. The fraction of sp³-hybridized carbons (Fsp3) is 0.412. The summed E-state index contributed by atoms with van der Waals surface area (Å²) in [6.07, 6.45) is 5.11. The number of imidazole rings is 1. The summed E-state index contributed by atoms with van der Waals surface area (Å²) in [6.45, 7) is 1.60. The minimum Gasteiger partial charge on any atom is -0.478 e. The van der Waals surface area contributed by atoms with Crippen molar-refractivity contribution in [3.05, 3.63) is 35.2 Å². The number of carboxylic acids is 1. The smallest absolute Gasteiger partial charge is 0.331 e. The van der Waals surface area contributed by atoms with E-state index in [0.29, 0.717) is 5.57 Å². The molecule has 0 atom stereocenters. The van der Waals surface area contributed by atoms with E-state index in [2.05, 4.69) is 9.88 Å². The third kappa shape index (κ3) is 2.22. The number of aliphatic carboxylic acids is 1. The molecule has 1 fully saturated rings. The molecular weight excluding hydrogens is 278 g/mol. The summed E-state index contributed by atoms with van der Waals surface area (Å²) in [5.74, 6) is 0.168. The zero-order valence-corrected chi connectivity index (χ0v) is 13.2. The molecule has 2 N–H and O–H groups in total. The molecule has 1 aromatic carbocycles. The van der Waals surface area contributed by atoms with Gasteiger partial charge in [-0.15, -0.1) is 0 Å². The van der Waals surface area contributed by atoms with Gasteiger partial charge in [0.15, 0.2) is 0 Å². The Kier molecular flexibility index (Phi) is 3.53. The number of carboxylic acid groups (broad SMARTS) is 1. The topological polar surface area (TPSA) is 67.2 Å². The van der Waals surface area contributed by atoms with Crippen LogP contribution in [0.15, 0.2) is 23.8 Å². The lowest BCUT2D eigenvalue weighted by atomic mass is 9.76. The highest BCUT2D eigenvalue weighted by Crippen LogP contribution is 2.41. The molecule has 1 aliphatic rings. The molecule has 0 aliphatic heterocycles. The van der Waals surface area contributed by atoms with Gasteiger partial charge < -0.3 is 15.0 Å². The fourth-order valence-corrected chi connectivity index (χ4v) is 3.15. The van der Waals surface area contributed by atoms with E-state index in [1.807, 2.05) is 32.3 Å². The van der Waals surface area contributed by atoms with Crippen LogP contribution in [0.5, 0.6) is 0 Å². The number of fused-ring (bicyclic) bond motifs is 1. The van der Waals surface area contributed by atoms with E-state index in [1.165, 1.54) is 6.42 Å². The van der Waals surface area contributed by atoms with Crippen LogP contribution in [0.1, 0.15) is 37.6 Å². The first kappa shape index (κ1) is 14.8. The van der Waals surface area contributed by atoms with Gasteiger partial charge in [-0.05, 0) is 57.0 Å². The van der Waals surface area contributed by atoms with Gasteiger partial charge in [-0.1, -0.05) is 6.07 Å². The Balaban J connectivity index is 2.08. The summed E-state index contributed by atoms with van der Waals surface area (Å²) in [5, 5.41) is 12.4. The predicted molar refractivity (Wildman–Crippen MR) is 86.6 cm³/mol. The van der Waals surface area contributed by atoms with Crippen LogP contribution in [-0.2, 0) is 17.4 Å². The Bertz CT molecular complexity index is 764. The largest absolute Gasteiger partial charge is 0.478 e. The van der Waals surface area contributed by atoms with Gasteiger partial charge in [0.2, 0.25) is 0 Å². The molecule has 5 heteroatoms. The van der Waals surface area contributed by atoms with Crippen LogP contribution in [0.4, 0.5) is 0 Å². The monoisotopic (exact) mass is 299 g/mol. The minimum absolute atomic E-state index is 0.0131. The van der Waals surface area contributed by atoms with Crippen LogP contribution in [0, 0.1) is 0 Å². The number of benzene rings is 1. The summed E-state index contributed by atoms with van der Waals surface area (Å²) < 4.78 is 2.12. The average Bonchev–Trinajstić information content (AvgIpc) is 2.76. The van der Waals surface area contributed by atoms with Crippen molar-refractivity contribution in [1.29, 1.82) is 0 Å². The zero-order valence-electron chi connectivity index (χ0n) is 13.2. The van der Waals surface area contributed by atoms with Gasteiger partial charge in [-0.2, -0.15) is 0 Å². The number of nitrogens with one attached hydrogen (secondary N) is 1. The number of rotatable bonds is 4. The molecule has 1 aliphatic carbocycles. The minimum atomic E-state index is -0.894. The molecule has 0 saturated heterocycles. The summed E-state index contributed by atoms with van der Waals surface area (Å²) in [4.78, 5) is 15.8. The predicted octanol–water partition coefficient (Wildman–Crippen LogP) is 2.66. The van der Waals surface area contributed by atoms with E-state index in [0.717, 1.165) is 35.3 Å². The third-order valence-electron chi connectivity index (χ3n) is 4.74. The van der Waals surface area contributed by atoms with E-state index < -0.39 is 5.97 Å². The van der Waals surface area contributed by atoms with Crippen molar-refractivity contribution in [2.75, 3.05) is 7.05 Å². The molecule has 22 heavy (non-hydrogen) atoms. The Morgan fingerprint density at radius 1 is 1.45 bits per heavy atom. The Morgan fingerprint density at radius 3 is 2.73 bits per heavy atom. The second-order valence-corrected chi connectivity index (χ2v) is 6.06. The van der Waals surface area contributed by atoms with Crippen LogP contribution < -0.4 is 5.32 Å². The van der Waals surface area contributed by atoms with Gasteiger partial charge in [0.25, 0.3) is 0 Å². The molecule has 1 saturated carbocycles. The number of aryl methyl sites for hydroxylation is 1. The Morgan fingerprint density at radius 2 is 2.18 bits per heavy atom. The standard InChI is InChI=1S/C17H21N3O2/c1-11(15(21)22)9-12-5-6-13-14(10-12)20(3)16(19-13)17(18-2)7-4-8-17/h5-6,9-10,18H,4,7-8H2,1-3H3,(H,21,22)/b11-9+. The third-order valence-corrected chi connectivity index (χ3v) is 4.74. The van der Waals surface area contributed by atoms with Gasteiger partial charge in [-0.3, -0.25) is 0 Å². The highest BCUT2D eigenvalue weighted by molar-refractivity contribution is 5.92. The van der Waals surface area contributed by atoms with E-state index in [-0.39, 0.29) is 5.54 Å². The average molecular weight is 299 g/mol. The lowest BCUT2D eigenvalue weighted by Crippen LogP contribution is -2.47. The quantitative estimate of drug-likeness (QED) is 0.852.